The van der Waals surface area contributed by atoms with Gasteiger partial charge in [-0.15, -0.1) is 0 Å². The molecule has 24 heavy (non-hydrogen) atoms. The summed E-state index contributed by atoms with van der Waals surface area (Å²) in [4.78, 5) is 19.5. The molecule has 2 aromatic rings. The van der Waals surface area contributed by atoms with Crippen molar-refractivity contribution in [3.05, 3.63) is 36.3 Å². The summed E-state index contributed by atoms with van der Waals surface area (Å²) in [5.41, 5.74) is 2.60. The molecule has 2 heterocycles. The molecule has 1 amide bonds. The number of aryl methyl sites for hydroxylation is 1. The minimum Gasteiger partial charge on any atom is -0.311 e. The highest BCUT2D eigenvalue weighted by atomic mass is 32.2. The summed E-state index contributed by atoms with van der Waals surface area (Å²) < 4.78 is 26.9. The molecule has 1 aliphatic rings. The second-order valence-electron chi connectivity index (χ2n) is 5.81. The summed E-state index contributed by atoms with van der Waals surface area (Å²) in [6, 6.07) is 5.24. The number of nitrogens with one attached hydrogen (secondary N) is 2. The van der Waals surface area contributed by atoms with Gasteiger partial charge >= 0.3 is 0 Å². The number of rotatable bonds is 5. The van der Waals surface area contributed by atoms with Crippen LogP contribution in [-0.2, 0) is 14.8 Å². The van der Waals surface area contributed by atoms with E-state index in [-0.39, 0.29) is 11.2 Å². The second kappa shape index (κ2) is 6.20. The Hall–Kier alpha value is -2.48. The van der Waals surface area contributed by atoms with Crippen LogP contribution in [0.2, 0.25) is 0 Å². The Bertz CT molecular complexity index is 892. The van der Waals surface area contributed by atoms with Gasteiger partial charge in [-0.2, -0.15) is 0 Å². The molecule has 8 heteroatoms. The van der Waals surface area contributed by atoms with Crippen LogP contribution in [0.5, 0.6) is 0 Å². The maximum atomic E-state index is 12.1. The van der Waals surface area contributed by atoms with Crippen LogP contribution in [0.25, 0.3) is 11.1 Å². The molecule has 0 bridgehead atoms. The van der Waals surface area contributed by atoms with Crippen molar-refractivity contribution in [3.8, 4) is 11.1 Å². The normalized spacial score (nSPS) is 14.2. The largest absolute Gasteiger partial charge is 0.311 e. The number of carbonyl (C=O) groups excluding carboxylic acids is 1. The van der Waals surface area contributed by atoms with Crippen molar-refractivity contribution in [1.82, 2.24) is 9.97 Å². The molecule has 3 rings (SSSR count). The third-order valence-electron chi connectivity index (χ3n) is 3.70. The Morgan fingerprint density at radius 2 is 1.96 bits per heavy atom. The van der Waals surface area contributed by atoms with Gasteiger partial charge in [0.15, 0.2) is 0 Å². The van der Waals surface area contributed by atoms with Crippen molar-refractivity contribution >= 4 is 27.4 Å². The lowest BCUT2D eigenvalue weighted by atomic mass is 10.1. The van der Waals surface area contributed by atoms with Crippen molar-refractivity contribution in [2.45, 2.75) is 31.9 Å². The third-order valence-corrected chi connectivity index (χ3v) is 5.55. The van der Waals surface area contributed by atoms with E-state index >= 15 is 0 Å². The first-order valence-corrected chi connectivity index (χ1v) is 9.12. The van der Waals surface area contributed by atoms with Gasteiger partial charge in [-0.3, -0.25) is 14.5 Å². The van der Waals surface area contributed by atoms with E-state index in [0.717, 1.165) is 11.1 Å². The molecule has 126 valence electrons. The van der Waals surface area contributed by atoms with E-state index in [1.807, 2.05) is 0 Å². The summed E-state index contributed by atoms with van der Waals surface area (Å²) in [6.07, 6.45) is 4.64. The second-order valence-corrected chi connectivity index (χ2v) is 7.78. The third kappa shape index (κ3) is 3.70. The molecule has 0 aromatic carbocycles. The fraction of sp³-hybridized carbons (Fsp3) is 0.312. The van der Waals surface area contributed by atoms with E-state index in [0.29, 0.717) is 30.0 Å². The Morgan fingerprint density at radius 3 is 2.62 bits per heavy atom. The van der Waals surface area contributed by atoms with Crippen molar-refractivity contribution in [3.63, 3.8) is 0 Å². The van der Waals surface area contributed by atoms with Crippen LogP contribution in [0, 0.1) is 6.92 Å². The lowest BCUT2D eigenvalue weighted by Gasteiger charge is -2.12. The first-order chi connectivity index (χ1) is 11.3. The lowest BCUT2D eigenvalue weighted by Crippen LogP contribution is -2.18. The fourth-order valence-corrected chi connectivity index (χ4v) is 3.70. The van der Waals surface area contributed by atoms with E-state index in [4.69, 9.17) is 0 Å². The average molecular weight is 346 g/mol. The Kier molecular flexibility index (Phi) is 4.23. The molecule has 0 unspecified atom stereocenters. The summed E-state index contributed by atoms with van der Waals surface area (Å²) in [6.45, 7) is 3.16. The molecule has 0 atom stereocenters. The molecule has 1 saturated carbocycles. The van der Waals surface area contributed by atoms with Crippen LogP contribution in [0.15, 0.2) is 30.6 Å². The molecule has 1 fully saturated rings. The predicted molar refractivity (Wildman–Crippen MR) is 92.1 cm³/mol. The van der Waals surface area contributed by atoms with Gasteiger partial charge in [0.05, 0.1) is 16.6 Å². The zero-order valence-electron chi connectivity index (χ0n) is 13.4. The Morgan fingerprint density at radius 1 is 1.21 bits per heavy atom. The smallest absolute Gasteiger partial charge is 0.235 e. The maximum absolute atomic E-state index is 12.1. The highest BCUT2D eigenvalue weighted by Gasteiger charge is 2.36. The number of anilines is 2. The predicted octanol–water partition coefficient (Wildman–Crippen LogP) is 2.31. The van der Waals surface area contributed by atoms with E-state index in [9.17, 15) is 13.2 Å². The van der Waals surface area contributed by atoms with E-state index in [1.54, 1.807) is 37.5 Å². The quantitative estimate of drug-likeness (QED) is 0.865. The number of hydrogen-bond donors (Lipinski definition) is 2. The molecule has 0 radical (unpaired) electrons. The first kappa shape index (κ1) is 16.4. The van der Waals surface area contributed by atoms with Gasteiger partial charge in [-0.05, 0) is 43.5 Å². The highest BCUT2D eigenvalue weighted by molar-refractivity contribution is 7.93. The van der Waals surface area contributed by atoms with Gasteiger partial charge in [0.2, 0.25) is 15.9 Å². The number of aromatic nitrogens is 2. The standard InChI is InChI=1S/C16H18N4O3S/c1-10-15(20-24(22,23)14-3-4-14)7-13(9-18-10)12-5-6-17-16(8-12)19-11(2)21/h5-9,14,20H,3-4H2,1-2H3,(H,17,19,21). The lowest BCUT2D eigenvalue weighted by molar-refractivity contribution is -0.114. The van der Waals surface area contributed by atoms with Crippen molar-refractivity contribution in [2.24, 2.45) is 0 Å². The fourth-order valence-electron chi connectivity index (χ4n) is 2.27. The molecule has 2 aromatic heterocycles. The molecule has 7 nitrogen and oxygen atoms in total. The van der Waals surface area contributed by atoms with Crippen molar-refractivity contribution < 1.29 is 13.2 Å². The van der Waals surface area contributed by atoms with Crippen LogP contribution in [-0.4, -0.2) is 29.5 Å². The van der Waals surface area contributed by atoms with E-state index in [1.165, 1.54) is 6.92 Å². The van der Waals surface area contributed by atoms with E-state index < -0.39 is 10.0 Å². The molecule has 0 saturated heterocycles. The highest BCUT2D eigenvalue weighted by Crippen LogP contribution is 2.31. The van der Waals surface area contributed by atoms with Gasteiger partial charge in [0.25, 0.3) is 0 Å². The zero-order chi connectivity index (χ0) is 17.3. The maximum Gasteiger partial charge on any atom is 0.235 e. The zero-order valence-corrected chi connectivity index (χ0v) is 14.2. The van der Waals surface area contributed by atoms with Crippen LogP contribution < -0.4 is 10.0 Å². The monoisotopic (exact) mass is 346 g/mol. The van der Waals surface area contributed by atoms with Gasteiger partial charge < -0.3 is 5.32 Å². The van der Waals surface area contributed by atoms with Crippen LogP contribution in [0.1, 0.15) is 25.5 Å². The average Bonchev–Trinajstić information content (AvgIpc) is 3.34. The number of amides is 1. The summed E-state index contributed by atoms with van der Waals surface area (Å²) in [5, 5.41) is 2.32. The van der Waals surface area contributed by atoms with Gasteiger partial charge in [-0.25, -0.2) is 13.4 Å². The molecule has 2 N–H and O–H groups in total. The van der Waals surface area contributed by atoms with Crippen LogP contribution >= 0.6 is 0 Å². The van der Waals surface area contributed by atoms with Gasteiger partial charge in [0, 0.05) is 24.9 Å². The van der Waals surface area contributed by atoms with E-state index in [2.05, 4.69) is 20.0 Å². The van der Waals surface area contributed by atoms with Gasteiger partial charge in [-0.1, -0.05) is 0 Å². The molecular formula is C16H18N4O3S. The SMILES string of the molecule is CC(=O)Nc1cc(-c2cnc(C)c(NS(=O)(=O)C3CC3)c2)ccn1. The van der Waals surface area contributed by atoms with Crippen LogP contribution in [0.4, 0.5) is 11.5 Å². The molecule has 1 aliphatic carbocycles. The minimum atomic E-state index is -3.34. The Labute approximate surface area is 140 Å². The number of nitrogens with zero attached hydrogens (tertiary/aromatic N) is 2. The number of carbonyl (C=O) groups is 1. The first-order valence-electron chi connectivity index (χ1n) is 7.57. The number of sulfonamides is 1. The topological polar surface area (TPSA) is 101 Å². The summed E-state index contributed by atoms with van der Waals surface area (Å²) in [7, 11) is -3.34. The molecule has 0 aliphatic heterocycles. The van der Waals surface area contributed by atoms with Gasteiger partial charge in [0.1, 0.15) is 5.82 Å². The summed E-state index contributed by atoms with van der Waals surface area (Å²) in [5.74, 6) is 0.222. The molecule has 0 spiro atoms. The number of hydrogen-bond acceptors (Lipinski definition) is 5. The van der Waals surface area contributed by atoms with Crippen LogP contribution in [0.3, 0.4) is 0 Å². The summed E-state index contributed by atoms with van der Waals surface area (Å²) >= 11 is 0. The van der Waals surface area contributed by atoms with Crippen molar-refractivity contribution in [1.29, 1.82) is 0 Å². The van der Waals surface area contributed by atoms with Crippen molar-refractivity contribution in [2.75, 3.05) is 10.0 Å². The minimum absolute atomic E-state index is 0.209. The Balaban J connectivity index is 1.92. The number of pyridine rings is 2. The molecular weight excluding hydrogens is 328 g/mol.